The van der Waals surface area contributed by atoms with E-state index in [0.29, 0.717) is 12.1 Å². The average molecular weight is 353 g/mol. The van der Waals surface area contributed by atoms with Crippen molar-refractivity contribution < 1.29 is 8.42 Å². The van der Waals surface area contributed by atoms with Gasteiger partial charge < -0.3 is 0 Å². The summed E-state index contributed by atoms with van der Waals surface area (Å²) in [6, 6.07) is 10.9. The van der Waals surface area contributed by atoms with Gasteiger partial charge in [-0.25, -0.2) is 8.42 Å². The summed E-state index contributed by atoms with van der Waals surface area (Å²) in [7, 11) is -3.63. The van der Waals surface area contributed by atoms with Crippen molar-refractivity contribution in [1.29, 1.82) is 0 Å². The van der Waals surface area contributed by atoms with E-state index >= 15 is 0 Å². The molecule has 0 unspecified atom stereocenters. The van der Waals surface area contributed by atoms with Gasteiger partial charge in [-0.05, 0) is 55.2 Å². The number of sulfonamides is 1. The van der Waals surface area contributed by atoms with Gasteiger partial charge in [0.1, 0.15) is 4.90 Å². The summed E-state index contributed by atoms with van der Waals surface area (Å²) in [5.74, 6) is 0. The summed E-state index contributed by atoms with van der Waals surface area (Å²) >= 11 is 0. The van der Waals surface area contributed by atoms with Crippen LogP contribution in [0.3, 0.4) is 0 Å². The lowest BCUT2D eigenvalue weighted by Gasteiger charge is -2.24. The van der Waals surface area contributed by atoms with Crippen LogP contribution in [0.2, 0.25) is 0 Å². The van der Waals surface area contributed by atoms with Gasteiger partial charge in [0.2, 0.25) is 10.0 Å². The first kappa shape index (κ1) is 16.2. The van der Waals surface area contributed by atoms with Crippen molar-refractivity contribution in [3.63, 3.8) is 0 Å². The molecule has 1 saturated heterocycles. The quantitative estimate of drug-likeness (QED) is 0.723. The van der Waals surface area contributed by atoms with E-state index in [1.165, 1.54) is 0 Å². The molecule has 0 radical (unpaired) electrons. The molecule has 1 aromatic carbocycles. The molecule has 4 rings (SSSR count). The molecule has 5 nitrogen and oxygen atoms in total. The van der Waals surface area contributed by atoms with Gasteiger partial charge in [0, 0.05) is 30.5 Å². The van der Waals surface area contributed by atoms with Gasteiger partial charge in [0.15, 0.2) is 0 Å². The molecule has 128 valence electrons. The van der Waals surface area contributed by atoms with Gasteiger partial charge in [-0.2, -0.15) is 4.31 Å². The zero-order chi connectivity index (χ0) is 17.4. The number of benzene rings is 1. The Labute approximate surface area is 147 Å². The summed E-state index contributed by atoms with van der Waals surface area (Å²) < 4.78 is 28.4. The molecule has 2 aromatic heterocycles. The fraction of sp³-hybridized carbons (Fsp3) is 0.263. The second-order valence-corrected chi connectivity index (χ2v) is 8.25. The maximum Gasteiger partial charge on any atom is 0.245 e. The molecular weight excluding hydrogens is 334 g/mol. The van der Waals surface area contributed by atoms with Crippen LogP contribution in [0, 0.1) is 6.92 Å². The summed E-state index contributed by atoms with van der Waals surface area (Å²) in [6.07, 6.45) is 6.80. The van der Waals surface area contributed by atoms with E-state index in [1.54, 1.807) is 35.0 Å². The lowest BCUT2D eigenvalue weighted by atomic mass is 10.1. The lowest BCUT2D eigenvalue weighted by Crippen LogP contribution is -2.31. The van der Waals surface area contributed by atoms with Crippen LogP contribution in [0.5, 0.6) is 0 Å². The molecule has 3 aromatic rings. The number of hydrogen-bond donors (Lipinski definition) is 0. The summed E-state index contributed by atoms with van der Waals surface area (Å²) in [4.78, 5) is 8.72. The van der Waals surface area contributed by atoms with Crippen molar-refractivity contribution in [3.8, 4) is 0 Å². The third kappa shape index (κ3) is 2.81. The minimum Gasteiger partial charge on any atom is -0.265 e. The molecule has 0 N–H and O–H groups in total. The zero-order valence-electron chi connectivity index (χ0n) is 14.0. The van der Waals surface area contributed by atoms with Crippen LogP contribution in [-0.4, -0.2) is 29.2 Å². The highest BCUT2D eigenvalue weighted by atomic mass is 32.2. The topological polar surface area (TPSA) is 63.2 Å². The summed E-state index contributed by atoms with van der Waals surface area (Å²) in [5.41, 5.74) is 2.53. The van der Waals surface area contributed by atoms with Crippen molar-refractivity contribution in [2.24, 2.45) is 0 Å². The minimum atomic E-state index is -3.63. The van der Waals surface area contributed by atoms with E-state index in [1.807, 2.05) is 31.2 Å². The smallest absolute Gasteiger partial charge is 0.245 e. The van der Waals surface area contributed by atoms with Gasteiger partial charge in [-0.15, -0.1) is 0 Å². The van der Waals surface area contributed by atoms with E-state index in [9.17, 15) is 8.42 Å². The molecule has 0 aliphatic carbocycles. The van der Waals surface area contributed by atoms with E-state index in [4.69, 9.17) is 0 Å². The molecule has 25 heavy (non-hydrogen) atoms. The molecular formula is C19H19N3O2S. The van der Waals surface area contributed by atoms with Crippen LogP contribution in [0.15, 0.2) is 59.9 Å². The predicted molar refractivity (Wildman–Crippen MR) is 96.6 cm³/mol. The van der Waals surface area contributed by atoms with Crippen LogP contribution < -0.4 is 0 Å². The summed E-state index contributed by atoms with van der Waals surface area (Å²) in [5, 5.41) is 0.848. The number of hydrogen-bond acceptors (Lipinski definition) is 4. The Bertz CT molecular complexity index is 1020. The molecule has 0 amide bonds. The standard InChI is InChI=1S/C19H19N3O2S/c1-14-12-16-4-2-6-18(19(16)21-13-14)25(23,24)22-11-3-5-17(22)15-7-9-20-10-8-15/h2,4,6-10,12-13,17H,3,5,11H2,1H3/t17-/m1/s1. The van der Waals surface area contributed by atoms with Crippen molar-refractivity contribution >= 4 is 20.9 Å². The van der Waals surface area contributed by atoms with Crippen molar-refractivity contribution in [2.45, 2.75) is 30.7 Å². The monoisotopic (exact) mass is 353 g/mol. The Hall–Kier alpha value is -2.31. The lowest BCUT2D eigenvalue weighted by molar-refractivity contribution is 0.397. The molecule has 3 heterocycles. The normalized spacial score (nSPS) is 18.7. The molecule has 1 aliphatic rings. The number of nitrogens with zero attached hydrogens (tertiary/aromatic N) is 3. The first-order valence-electron chi connectivity index (χ1n) is 8.34. The second kappa shape index (κ2) is 6.20. The van der Waals surface area contributed by atoms with Gasteiger partial charge >= 0.3 is 0 Å². The van der Waals surface area contributed by atoms with Crippen LogP contribution in [-0.2, 0) is 10.0 Å². The Morgan fingerprint density at radius 2 is 1.96 bits per heavy atom. The highest BCUT2D eigenvalue weighted by Crippen LogP contribution is 2.37. The third-order valence-corrected chi connectivity index (χ3v) is 6.63. The fourth-order valence-corrected chi connectivity index (χ4v) is 5.37. The largest absolute Gasteiger partial charge is 0.265 e. The Kier molecular flexibility index (Phi) is 4.01. The van der Waals surface area contributed by atoms with Crippen molar-refractivity contribution in [1.82, 2.24) is 14.3 Å². The second-order valence-electron chi connectivity index (χ2n) is 6.39. The maximum atomic E-state index is 13.4. The van der Waals surface area contributed by atoms with Crippen LogP contribution in [0.4, 0.5) is 0 Å². The highest BCUT2D eigenvalue weighted by Gasteiger charge is 2.37. The number of aromatic nitrogens is 2. The molecule has 6 heteroatoms. The predicted octanol–water partition coefficient (Wildman–Crippen LogP) is 3.46. The SMILES string of the molecule is Cc1cnc2c(S(=O)(=O)N3CCC[C@@H]3c3ccncc3)cccc2c1. The number of pyridine rings is 2. The van der Waals surface area contributed by atoms with Crippen LogP contribution >= 0.6 is 0 Å². The number of rotatable bonds is 3. The molecule has 0 bridgehead atoms. The van der Waals surface area contributed by atoms with E-state index in [-0.39, 0.29) is 10.9 Å². The van der Waals surface area contributed by atoms with Crippen molar-refractivity contribution in [3.05, 3.63) is 66.1 Å². The number of fused-ring (bicyclic) bond motifs is 1. The molecule has 0 saturated carbocycles. The van der Waals surface area contributed by atoms with Crippen LogP contribution in [0.25, 0.3) is 10.9 Å². The molecule has 0 spiro atoms. The maximum absolute atomic E-state index is 13.4. The Morgan fingerprint density at radius 3 is 2.76 bits per heavy atom. The van der Waals surface area contributed by atoms with Gasteiger partial charge in [0.05, 0.1) is 11.6 Å². The van der Waals surface area contributed by atoms with Gasteiger partial charge in [-0.1, -0.05) is 12.1 Å². The Morgan fingerprint density at radius 1 is 1.16 bits per heavy atom. The molecule has 1 aliphatic heterocycles. The number of aryl methyl sites for hydroxylation is 1. The Balaban J connectivity index is 1.82. The average Bonchev–Trinajstić information content (AvgIpc) is 3.12. The number of para-hydroxylation sites is 1. The fourth-order valence-electron chi connectivity index (χ4n) is 3.52. The van der Waals surface area contributed by atoms with Gasteiger partial charge in [-0.3, -0.25) is 9.97 Å². The van der Waals surface area contributed by atoms with Gasteiger partial charge in [0.25, 0.3) is 0 Å². The summed E-state index contributed by atoms with van der Waals surface area (Å²) in [6.45, 7) is 2.48. The van der Waals surface area contributed by atoms with E-state index in [2.05, 4.69) is 9.97 Å². The van der Waals surface area contributed by atoms with Crippen LogP contribution in [0.1, 0.15) is 30.0 Å². The first-order chi connectivity index (χ1) is 12.1. The van der Waals surface area contributed by atoms with E-state index < -0.39 is 10.0 Å². The zero-order valence-corrected chi connectivity index (χ0v) is 14.8. The van der Waals surface area contributed by atoms with E-state index in [0.717, 1.165) is 29.4 Å². The highest BCUT2D eigenvalue weighted by molar-refractivity contribution is 7.89. The minimum absolute atomic E-state index is 0.145. The molecule has 1 fully saturated rings. The third-order valence-electron chi connectivity index (χ3n) is 4.69. The first-order valence-corrected chi connectivity index (χ1v) is 9.78. The molecule has 1 atom stereocenters. The van der Waals surface area contributed by atoms with Crippen molar-refractivity contribution in [2.75, 3.05) is 6.54 Å².